The molecule has 1 fully saturated rings. The molecule has 1 amide bonds. The number of carbonyl (C=O) groups is 3. The lowest BCUT2D eigenvalue weighted by Gasteiger charge is -2.36. The highest BCUT2D eigenvalue weighted by Crippen LogP contribution is 2.19. The van der Waals surface area contributed by atoms with Gasteiger partial charge in [0.25, 0.3) is 0 Å². The Morgan fingerprint density at radius 1 is 0.862 bits per heavy atom. The molecule has 29 heavy (non-hydrogen) atoms. The van der Waals surface area contributed by atoms with Gasteiger partial charge in [0, 0.05) is 55.8 Å². The van der Waals surface area contributed by atoms with E-state index < -0.39 is 0 Å². The first-order valence-electron chi connectivity index (χ1n) is 10.1. The van der Waals surface area contributed by atoms with E-state index in [1.807, 2.05) is 61.2 Å². The van der Waals surface area contributed by atoms with Crippen LogP contribution in [-0.4, -0.2) is 48.6 Å². The first kappa shape index (κ1) is 20.8. The van der Waals surface area contributed by atoms with Gasteiger partial charge in [-0.2, -0.15) is 0 Å². The fraction of sp³-hybridized carbons (Fsp3) is 0.375. The van der Waals surface area contributed by atoms with Crippen LogP contribution in [0.15, 0.2) is 42.5 Å². The van der Waals surface area contributed by atoms with Crippen molar-refractivity contribution in [3.8, 4) is 0 Å². The standard InChI is InChI=1S/C24H28N2O3/c1-17-4-5-18(2)22(16-17)23(28)10-11-24(29)26-14-12-25(13-15-26)21-8-6-20(7-9-21)19(3)27/h4-9,16H,10-15H2,1-3H3. The third-order valence-corrected chi connectivity index (χ3v) is 5.53. The molecule has 1 aliphatic rings. The molecule has 1 aliphatic heterocycles. The summed E-state index contributed by atoms with van der Waals surface area (Å²) in [6.45, 7) is 8.23. The van der Waals surface area contributed by atoms with Crippen LogP contribution in [0.25, 0.3) is 0 Å². The molecule has 2 aromatic carbocycles. The lowest BCUT2D eigenvalue weighted by atomic mass is 9.99. The number of hydrogen-bond donors (Lipinski definition) is 0. The van der Waals surface area contributed by atoms with Gasteiger partial charge in [0.1, 0.15) is 0 Å². The SMILES string of the molecule is CC(=O)c1ccc(N2CCN(C(=O)CCC(=O)c3cc(C)ccc3C)CC2)cc1. The molecule has 3 rings (SSSR count). The van der Waals surface area contributed by atoms with Gasteiger partial charge in [-0.05, 0) is 56.7 Å². The zero-order chi connectivity index (χ0) is 21.0. The van der Waals surface area contributed by atoms with Crippen molar-refractivity contribution in [1.29, 1.82) is 0 Å². The van der Waals surface area contributed by atoms with E-state index in [0.717, 1.165) is 35.5 Å². The number of Topliss-reactive ketones (excluding diaryl/α,β-unsaturated/α-hetero) is 2. The van der Waals surface area contributed by atoms with Crippen LogP contribution in [-0.2, 0) is 4.79 Å². The lowest BCUT2D eigenvalue weighted by molar-refractivity contribution is -0.131. The average molecular weight is 392 g/mol. The van der Waals surface area contributed by atoms with Gasteiger partial charge in [0.05, 0.1) is 0 Å². The minimum Gasteiger partial charge on any atom is -0.368 e. The molecule has 0 N–H and O–H groups in total. The summed E-state index contributed by atoms with van der Waals surface area (Å²) in [6, 6.07) is 13.4. The Balaban J connectivity index is 1.50. The molecule has 0 bridgehead atoms. The molecule has 0 spiro atoms. The van der Waals surface area contributed by atoms with Crippen molar-refractivity contribution in [2.45, 2.75) is 33.6 Å². The summed E-state index contributed by atoms with van der Waals surface area (Å²) < 4.78 is 0. The zero-order valence-corrected chi connectivity index (χ0v) is 17.4. The second-order valence-corrected chi connectivity index (χ2v) is 7.71. The fourth-order valence-corrected chi connectivity index (χ4v) is 3.67. The quantitative estimate of drug-likeness (QED) is 0.702. The number of benzene rings is 2. The first-order chi connectivity index (χ1) is 13.8. The summed E-state index contributed by atoms with van der Waals surface area (Å²) in [5.74, 6) is 0.126. The molecule has 0 saturated carbocycles. The van der Waals surface area contributed by atoms with E-state index in [4.69, 9.17) is 0 Å². The van der Waals surface area contributed by atoms with Crippen LogP contribution in [0, 0.1) is 13.8 Å². The Morgan fingerprint density at radius 3 is 2.14 bits per heavy atom. The maximum Gasteiger partial charge on any atom is 0.223 e. The topological polar surface area (TPSA) is 57.7 Å². The van der Waals surface area contributed by atoms with E-state index in [2.05, 4.69) is 4.90 Å². The van der Waals surface area contributed by atoms with E-state index in [1.165, 1.54) is 0 Å². The second-order valence-electron chi connectivity index (χ2n) is 7.71. The first-order valence-corrected chi connectivity index (χ1v) is 10.1. The van der Waals surface area contributed by atoms with Crippen LogP contribution in [0.4, 0.5) is 5.69 Å². The van der Waals surface area contributed by atoms with Crippen LogP contribution in [0.3, 0.4) is 0 Å². The number of rotatable bonds is 6. The number of amides is 1. The predicted molar refractivity (Wildman–Crippen MR) is 115 cm³/mol. The summed E-state index contributed by atoms with van der Waals surface area (Å²) in [5, 5.41) is 0. The van der Waals surface area contributed by atoms with E-state index in [9.17, 15) is 14.4 Å². The van der Waals surface area contributed by atoms with E-state index >= 15 is 0 Å². The monoisotopic (exact) mass is 392 g/mol. The predicted octanol–water partition coefficient (Wildman–Crippen LogP) is 3.82. The Morgan fingerprint density at radius 2 is 1.52 bits per heavy atom. The summed E-state index contributed by atoms with van der Waals surface area (Å²) in [6.07, 6.45) is 0.495. The van der Waals surface area contributed by atoms with Gasteiger partial charge in [0.15, 0.2) is 11.6 Å². The van der Waals surface area contributed by atoms with Gasteiger partial charge >= 0.3 is 0 Å². The van der Waals surface area contributed by atoms with Crippen LogP contribution in [0.5, 0.6) is 0 Å². The van der Waals surface area contributed by atoms with E-state index in [-0.39, 0.29) is 30.3 Å². The number of hydrogen-bond acceptors (Lipinski definition) is 4. The van der Waals surface area contributed by atoms with Gasteiger partial charge < -0.3 is 9.80 Å². The van der Waals surface area contributed by atoms with Gasteiger partial charge in [0.2, 0.25) is 5.91 Å². The largest absolute Gasteiger partial charge is 0.368 e. The molecule has 0 unspecified atom stereocenters. The third kappa shape index (κ3) is 5.11. The fourth-order valence-electron chi connectivity index (χ4n) is 3.67. The Kier molecular flexibility index (Phi) is 6.47. The van der Waals surface area contributed by atoms with Gasteiger partial charge in [-0.1, -0.05) is 17.7 Å². The molecular formula is C24H28N2O3. The highest BCUT2D eigenvalue weighted by Gasteiger charge is 2.22. The highest BCUT2D eigenvalue weighted by molar-refractivity contribution is 5.99. The summed E-state index contributed by atoms with van der Waals surface area (Å²) in [5.41, 5.74) is 4.50. The van der Waals surface area contributed by atoms with Crippen molar-refractivity contribution in [3.63, 3.8) is 0 Å². The van der Waals surface area contributed by atoms with Crippen LogP contribution < -0.4 is 4.90 Å². The Bertz CT molecular complexity index is 910. The molecule has 152 valence electrons. The maximum atomic E-state index is 12.6. The van der Waals surface area contributed by atoms with Crippen molar-refractivity contribution in [3.05, 3.63) is 64.7 Å². The van der Waals surface area contributed by atoms with Crippen molar-refractivity contribution < 1.29 is 14.4 Å². The minimum absolute atomic E-state index is 0.0312. The van der Waals surface area contributed by atoms with Crippen molar-refractivity contribution in [2.24, 2.45) is 0 Å². The number of carbonyl (C=O) groups excluding carboxylic acids is 3. The van der Waals surface area contributed by atoms with Crippen LogP contribution >= 0.6 is 0 Å². The van der Waals surface area contributed by atoms with Gasteiger partial charge in [-0.3, -0.25) is 14.4 Å². The molecule has 0 aromatic heterocycles. The zero-order valence-electron chi connectivity index (χ0n) is 17.4. The van der Waals surface area contributed by atoms with Gasteiger partial charge in [-0.15, -0.1) is 0 Å². The van der Waals surface area contributed by atoms with Crippen LogP contribution in [0.2, 0.25) is 0 Å². The number of anilines is 1. The second kappa shape index (κ2) is 9.03. The Labute approximate surface area is 172 Å². The summed E-state index contributed by atoms with van der Waals surface area (Å²) in [7, 11) is 0. The maximum absolute atomic E-state index is 12.6. The minimum atomic E-state index is 0.0312. The molecule has 1 heterocycles. The average Bonchev–Trinajstić information content (AvgIpc) is 2.73. The van der Waals surface area contributed by atoms with E-state index in [1.54, 1.807) is 6.92 Å². The smallest absolute Gasteiger partial charge is 0.223 e. The molecule has 5 nitrogen and oxygen atoms in total. The Hall–Kier alpha value is -2.95. The normalized spacial score (nSPS) is 14.0. The molecule has 2 aromatic rings. The summed E-state index contributed by atoms with van der Waals surface area (Å²) in [4.78, 5) is 40.5. The number of aryl methyl sites for hydroxylation is 2. The van der Waals surface area contributed by atoms with Crippen LogP contribution in [0.1, 0.15) is 51.6 Å². The van der Waals surface area contributed by atoms with Crippen molar-refractivity contribution >= 4 is 23.2 Å². The third-order valence-electron chi connectivity index (χ3n) is 5.53. The van der Waals surface area contributed by atoms with E-state index in [0.29, 0.717) is 18.7 Å². The molecule has 0 atom stereocenters. The highest BCUT2D eigenvalue weighted by atomic mass is 16.2. The molecule has 0 aliphatic carbocycles. The number of nitrogens with zero attached hydrogens (tertiary/aromatic N) is 2. The molecule has 5 heteroatoms. The van der Waals surface area contributed by atoms with Crippen molar-refractivity contribution in [2.75, 3.05) is 31.1 Å². The van der Waals surface area contributed by atoms with Crippen molar-refractivity contribution in [1.82, 2.24) is 4.90 Å². The molecular weight excluding hydrogens is 364 g/mol. The molecule has 1 saturated heterocycles. The number of piperazine rings is 1. The van der Waals surface area contributed by atoms with Gasteiger partial charge in [-0.25, -0.2) is 0 Å². The molecule has 0 radical (unpaired) electrons. The number of ketones is 2. The summed E-state index contributed by atoms with van der Waals surface area (Å²) >= 11 is 0. The lowest BCUT2D eigenvalue weighted by Crippen LogP contribution is -2.48.